The van der Waals surface area contributed by atoms with Crippen LogP contribution in [0.4, 0.5) is 8.78 Å². The molecule has 3 heterocycles. The van der Waals surface area contributed by atoms with Crippen LogP contribution in [0.15, 0.2) is 72.3 Å². The molecule has 5 nitrogen and oxygen atoms in total. The first kappa shape index (κ1) is 18.2. The molecule has 4 aromatic rings. The number of pyridine rings is 2. The Balaban J connectivity index is 1.68. The molecule has 0 N–H and O–H groups in total. The molecule has 0 unspecified atom stereocenters. The van der Waals surface area contributed by atoms with Gasteiger partial charge in [0.15, 0.2) is 11.0 Å². The Morgan fingerprint density at radius 2 is 1.75 bits per heavy atom. The van der Waals surface area contributed by atoms with Crippen LogP contribution in [0.3, 0.4) is 0 Å². The highest BCUT2D eigenvalue weighted by Gasteiger charge is 2.17. The minimum Gasteiger partial charge on any atom is -0.296 e. The van der Waals surface area contributed by atoms with E-state index in [9.17, 15) is 8.78 Å². The molecule has 28 heavy (non-hydrogen) atoms. The van der Waals surface area contributed by atoms with E-state index in [1.165, 1.54) is 30.0 Å². The Morgan fingerprint density at radius 1 is 0.893 bits per heavy atom. The molecule has 0 aliphatic heterocycles. The Morgan fingerprint density at radius 3 is 2.46 bits per heavy atom. The fourth-order valence-corrected chi connectivity index (χ4v) is 3.66. The molecule has 0 fully saturated rings. The smallest absolute Gasteiger partial charge is 0.192 e. The van der Waals surface area contributed by atoms with Gasteiger partial charge in [-0.2, -0.15) is 0 Å². The maximum atomic E-state index is 14.0. The summed E-state index contributed by atoms with van der Waals surface area (Å²) >= 11 is 1.22. The number of thioether (sulfide) groups is 1. The van der Waals surface area contributed by atoms with Crippen LogP contribution in [0.25, 0.3) is 11.5 Å². The van der Waals surface area contributed by atoms with Crippen molar-refractivity contribution in [1.82, 2.24) is 24.7 Å². The lowest BCUT2D eigenvalue weighted by atomic mass is 10.2. The van der Waals surface area contributed by atoms with Gasteiger partial charge in [0.05, 0.1) is 6.54 Å². The molecule has 0 atom stereocenters. The number of halogens is 2. The molecule has 0 aliphatic carbocycles. The lowest BCUT2D eigenvalue weighted by Gasteiger charge is -2.10. The van der Waals surface area contributed by atoms with Crippen molar-refractivity contribution in [2.75, 3.05) is 0 Å². The van der Waals surface area contributed by atoms with Gasteiger partial charge in [0.25, 0.3) is 0 Å². The number of hydrogen-bond acceptors (Lipinski definition) is 5. The van der Waals surface area contributed by atoms with E-state index in [1.54, 1.807) is 18.6 Å². The predicted molar refractivity (Wildman–Crippen MR) is 103 cm³/mol. The van der Waals surface area contributed by atoms with Crippen LogP contribution < -0.4 is 0 Å². The SMILES string of the molecule is Fc1cccc(F)c1CSc1nnc(-c2ccccn2)n1Cc1cccnc1. The molecular formula is C20H15F2N5S. The molecule has 0 saturated carbocycles. The summed E-state index contributed by atoms with van der Waals surface area (Å²) in [6, 6.07) is 13.2. The fraction of sp³-hybridized carbons (Fsp3) is 0.100. The zero-order valence-electron chi connectivity index (χ0n) is 14.7. The average Bonchev–Trinajstić information content (AvgIpc) is 3.11. The summed E-state index contributed by atoms with van der Waals surface area (Å²) in [4.78, 5) is 8.48. The van der Waals surface area contributed by atoms with Crippen LogP contribution in [-0.2, 0) is 12.3 Å². The van der Waals surface area contributed by atoms with Crippen molar-refractivity contribution in [2.24, 2.45) is 0 Å². The molecule has 3 aromatic heterocycles. The highest BCUT2D eigenvalue weighted by Crippen LogP contribution is 2.28. The molecule has 0 bridgehead atoms. The Kier molecular flexibility index (Phi) is 5.38. The highest BCUT2D eigenvalue weighted by atomic mass is 32.2. The molecular weight excluding hydrogens is 380 g/mol. The fourth-order valence-electron chi connectivity index (χ4n) is 2.70. The van der Waals surface area contributed by atoms with E-state index >= 15 is 0 Å². The molecule has 0 spiro atoms. The second-order valence-corrected chi connectivity index (χ2v) is 6.90. The number of rotatable bonds is 6. The molecule has 1 aromatic carbocycles. The third-order valence-corrected chi connectivity index (χ3v) is 5.07. The molecule has 4 rings (SSSR count). The van der Waals surface area contributed by atoms with Crippen LogP contribution >= 0.6 is 11.8 Å². The minimum absolute atomic E-state index is 0.0165. The molecule has 0 saturated heterocycles. The van der Waals surface area contributed by atoms with E-state index in [2.05, 4.69) is 20.2 Å². The van der Waals surface area contributed by atoms with E-state index in [0.717, 1.165) is 5.56 Å². The third-order valence-electron chi connectivity index (χ3n) is 4.08. The summed E-state index contributed by atoms with van der Waals surface area (Å²) in [6.07, 6.45) is 5.14. The first-order chi connectivity index (χ1) is 13.7. The number of aromatic nitrogens is 5. The van der Waals surface area contributed by atoms with Crippen molar-refractivity contribution in [3.05, 3.63) is 89.9 Å². The monoisotopic (exact) mass is 395 g/mol. The maximum Gasteiger partial charge on any atom is 0.192 e. The van der Waals surface area contributed by atoms with Gasteiger partial charge in [-0.15, -0.1) is 10.2 Å². The standard InChI is InChI=1S/C20H15F2N5S/c21-16-6-3-7-17(22)15(16)13-28-20-26-25-19(18-8-1-2-10-24-18)27(20)12-14-5-4-9-23-11-14/h1-11H,12-13H2. The van der Waals surface area contributed by atoms with Gasteiger partial charge in [0.2, 0.25) is 0 Å². The van der Waals surface area contributed by atoms with Gasteiger partial charge >= 0.3 is 0 Å². The second kappa shape index (κ2) is 8.26. The van der Waals surface area contributed by atoms with Gasteiger partial charge in [-0.3, -0.25) is 14.5 Å². The summed E-state index contributed by atoms with van der Waals surface area (Å²) < 4.78 is 29.8. The Hall–Kier alpha value is -3.13. The Labute approximate surface area is 164 Å². The van der Waals surface area contributed by atoms with Gasteiger partial charge in [0, 0.05) is 29.9 Å². The highest BCUT2D eigenvalue weighted by molar-refractivity contribution is 7.98. The van der Waals surface area contributed by atoms with Crippen molar-refractivity contribution >= 4 is 11.8 Å². The summed E-state index contributed by atoms with van der Waals surface area (Å²) in [7, 11) is 0. The molecule has 0 aliphatic rings. The van der Waals surface area contributed by atoms with Crippen LogP contribution in [0.2, 0.25) is 0 Å². The first-order valence-electron chi connectivity index (χ1n) is 8.51. The van der Waals surface area contributed by atoms with Crippen LogP contribution in [0.1, 0.15) is 11.1 Å². The summed E-state index contributed by atoms with van der Waals surface area (Å²) in [5.41, 5.74) is 1.64. The van der Waals surface area contributed by atoms with Crippen LogP contribution in [-0.4, -0.2) is 24.7 Å². The zero-order valence-corrected chi connectivity index (χ0v) is 15.5. The molecule has 8 heteroatoms. The largest absolute Gasteiger partial charge is 0.296 e. The van der Waals surface area contributed by atoms with E-state index in [-0.39, 0.29) is 11.3 Å². The quantitative estimate of drug-likeness (QED) is 0.454. The normalized spacial score (nSPS) is 10.9. The average molecular weight is 395 g/mol. The molecule has 140 valence electrons. The summed E-state index contributed by atoms with van der Waals surface area (Å²) in [5.74, 6) is -0.459. The van der Waals surface area contributed by atoms with Gasteiger partial charge < -0.3 is 0 Å². The number of hydrogen-bond donors (Lipinski definition) is 0. The van der Waals surface area contributed by atoms with Gasteiger partial charge in [0.1, 0.15) is 17.3 Å². The minimum atomic E-state index is -0.573. The van der Waals surface area contributed by atoms with E-state index in [1.807, 2.05) is 34.9 Å². The van der Waals surface area contributed by atoms with Crippen LogP contribution in [0, 0.1) is 11.6 Å². The van der Waals surface area contributed by atoms with E-state index in [0.29, 0.717) is 23.2 Å². The van der Waals surface area contributed by atoms with Crippen molar-refractivity contribution < 1.29 is 8.78 Å². The predicted octanol–water partition coefficient (Wildman–Crippen LogP) is 4.35. The summed E-state index contributed by atoms with van der Waals surface area (Å²) in [5, 5.41) is 9.04. The van der Waals surface area contributed by atoms with Crippen molar-refractivity contribution in [3.63, 3.8) is 0 Å². The van der Waals surface area contributed by atoms with Gasteiger partial charge in [-0.25, -0.2) is 8.78 Å². The van der Waals surface area contributed by atoms with Crippen molar-refractivity contribution in [3.8, 4) is 11.5 Å². The van der Waals surface area contributed by atoms with Crippen LogP contribution in [0.5, 0.6) is 0 Å². The maximum absolute atomic E-state index is 14.0. The topological polar surface area (TPSA) is 56.5 Å². The lowest BCUT2D eigenvalue weighted by Crippen LogP contribution is -2.05. The number of benzene rings is 1. The zero-order chi connectivity index (χ0) is 19.3. The van der Waals surface area contributed by atoms with E-state index in [4.69, 9.17) is 0 Å². The summed E-state index contributed by atoms with van der Waals surface area (Å²) in [6.45, 7) is 0.467. The first-order valence-corrected chi connectivity index (χ1v) is 9.50. The van der Waals surface area contributed by atoms with E-state index < -0.39 is 11.6 Å². The molecule has 0 radical (unpaired) electrons. The van der Waals surface area contributed by atoms with Gasteiger partial charge in [-0.1, -0.05) is 30.0 Å². The Bertz CT molecular complexity index is 1050. The second-order valence-electron chi connectivity index (χ2n) is 5.96. The third kappa shape index (κ3) is 3.91. The molecule has 0 amide bonds. The van der Waals surface area contributed by atoms with Crippen molar-refractivity contribution in [2.45, 2.75) is 17.5 Å². The van der Waals surface area contributed by atoms with Gasteiger partial charge in [-0.05, 0) is 35.9 Å². The van der Waals surface area contributed by atoms with Crippen molar-refractivity contribution in [1.29, 1.82) is 0 Å². The lowest BCUT2D eigenvalue weighted by molar-refractivity contribution is 0.566. The number of nitrogens with zero attached hydrogens (tertiary/aromatic N) is 5.